The second kappa shape index (κ2) is 6.07. The Labute approximate surface area is 121 Å². The molecule has 0 aliphatic heterocycles. The number of halogens is 2. The second-order valence-corrected chi connectivity index (χ2v) is 5.75. The van der Waals surface area contributed by atoms with E-state index in [0.29, 0.717) is 21.3 Å². The van der Waals surface area contributed by atoms with Gasteiger partial charge in [-0.25, -0.2) is 9.18 Å². The number of hydrogen-bond donors (Lipinski definition) is 1. The van der Waals surface area contributed by atoms with Gasteiger partial charge in [0.25, 0.3) is 0 Å². The van der Waals surface area contributed by atoms with Gasteiger partial charge in [0.1, 0.15) is 5.82 Å². The molecule has 1 heterocycles. The van der Waals surface area contributed by atoms with E-state index in [2.05, 4.69) is 31.4 Å². The summed E-state index contributed by atoms with van der Waals surface area (Å²) in [6.07, 6.45) is 0. The second-order valence-electron chi connectivity index (χ2n) is 3.52. The Balaban J connectivity index is 2.11. The summed E-state index contributed by atoms with van der Waals surface area (Å²) in [6, 6.07) is 5.23. The zero-order chi connectivity index (χ0) is 13.8. The lowest BCUT2D eigenvalue weighted by atomic mass is 10.3. The van der Waals surface area contributed by atoms with Crippen molar-refractivity contribution >= 4 is 44.1 Å². The average Bonchev–Trinajstić information content (AvgIpc) is 2.80. The summed E-state index contributed by atoms with van der Waals surface area (Å²) in [6.45, 7) is 2.29. The quantitative estimate of drug-likeness (QED) is 0.926. The van der Waals surface area contributed by atoms with Crippen molar-refractivity contribution in [3.63, 3.8) is 0 Å². The van der Waals surface area contributed by atoms with Crippen LogP contribution >= 0.6 is 27.3 Å². The van der Waals surface area contributed by atoms with Crippen molar-refractivity contribution < 1.29 is 9.18 Å². The van der Waals surface area contributed by atoms with Crippen molar-refractivity contribution in [2.24, 2.45) is 0 Å². The molecule has 0 radical (unpaired) electrons. The van der Waals surface area contributed by atoms with Gasteiger partial charge in [-0.1, -0.05) is 11.3 Å². The summed E-state index contributed by atoms with van der Waals surface area (Å²) in [5.41, 5.74) is 0.522. The van der Waals surface area contributed by atoms with Crippen LogP contribution in [-0.2, 0) is 0 Å². The maximum absolute atomic E-state index is 12.8. The molecular weight excluding hydrogens is 335 g/mol. The Kier molecular flexibility index (Phi) is 4.43. The number of amides is 2. The van der Waals surface area contributed by atoms with E-state index in [9.17, 15) is 9.18 Å². The minimum atomic E-state index is -0.349. The molecule has 100 valence electrons. The molecule has 1 N–H and O–H groups in total. The zero-order valence-corrected chi connectivity index (χ0v) is 12.3. The van der Waals surface area contributed by atoms with E-state index in [1.54, 1.807) is 0 Å². The van der Waals surface area contributed by atoms with Gasteiger partial charge in [0, 0.05) is 12.2 Å². The number of carbonyl (C=O) groups excluding carboxylic acids is 1. The number of aromatic nitrogens is 2. The first kappa shape index (κ1) is 13.9. The summed E-state index contributed by atoms with van der Waals surface area (Å²) in [4.78, 5) is 13.5. The normalized spacial score (nSPS) is 10.3. The summed E-state index contributed by atoms with van der Waals surface area (Å²) >= 11 is 4.46. The molecule has 0 unspecified atom stereocenters. The highest BCUT2D eigenvalue weighted by Gasteiger charge is 2.18. The highest BCUT2D eigenvalue weighted by Crippen LogP contribution is 2.24. The summed E-state index contributed by atoms with van der Waals surface area (Å²) < 4.78 is 13.4. The van der Waals surface area contributed by atoms with Crippen LogP contribution in [0.4, 0.5) is 20.0 Å². The molecule has 0 spiro atoms. The minimum absolute atomic E-state index is 0.335. The zero-order valence-electron chi connectivity index (χ0n) is 9.93. The van der Waals surface area contributed by atoms with E-state index in [1.807, 2.05) is 6.92 Å². The highest BCUT2D eigenvalue weighted by molar-refractivity contribution is 9.11. The molecule has 0 atom stereocenters. The molecule has 0 bridgehead atoms. The Bertz CT molecular complexity index is 574. The van der Waals surface area contributed by atoms with E-state index >= 15 is 0 Å². The molecule has 2 amide bonds. The fraction of sp³-hybridized carbons (Fsp3) is 0.182. The third-order valence-corrected chi connectivity index (χ3v) is 3.66. The van der Waals surface area contributed by atoms with Crippen molar-refractivity contribution in [3.05, 3.63) is 34.0 Å². The third-order valence-electron chi connectivity index (χ3n) is 2.28. The number of hydrogen-bond acceptors (Lipinski definition) is 4. The predicted molar refractivity (Wildman–Crippen MR) is 76.0 cm³/mol. The lowest BCUT2D eigenvalue weighted by molar-refractivity contribution is 0.257. The van der Waals surface area contributed by atoms with Crippen molar-refractivity contribution in [2.75, 3.05) is 16.8 Å². The molecule has 2 aromatic rings. The molecule has 1 aromatic carbocycles. The van der Waals surface area contributed by atoms with E-state index < -0.39 is 0 Å². The fourth-order valence-electron chi connectivity index (χ4n) is 1.40. The van der Waals surface area contributed by atoms with Gasteiger partial charge >= 0.3 is 6.03 Å². The first-order valence-corrected chi connectivity index (χ1v) is 7.04. The van der Waals surface area contributed by atoms with E-state index in [1.165, 1.54) is 40.5 Å². The molecule has 5 nitrogen and oxygen atoms in total. The molecule has 19 heavy (non-hydrogen) atoms. The smallest absolute Gasteiger partial charge is 0.307 e. The Morgan fingerprint density at radius 3 is 2.63 bits per heavy atom. The van der Waals surface area contributed by atoms with Crippen molar-refractivity contribution in [3.8, 4) is 0 Å². The molecule has 0 aliphatic rings. The van der Waals surface area contributed by atoms with Crippen LogP contribution in [0.25, 0.3) is 0 Å². The van der Waals surface area contributed by atoms with Crippen LogP contribution in [0, 0.1) is 5.82 Å². The first-order valence-electron chi connectivity index (χ1n) is 5.43. The largest absolute Gasteiger partial charge is 0.328 e. The van der Waals surface area contributed by atoms with Crippen LogP contribution in [0.15, 0.2) is 28.2 Å². The number of rotatable bonds is 3. The molecule has 0 aliphatic carbocycles. The first-order chi connectivity index (χ1) is 9.10. The molecule has 0 saturated carbocycles. The van der Waals surface area contributed by atoms with E-state index in [-0.39, 0.29) is 11.8 Å². The lowest BCUT2D eigenvalue weighted by Gasteiger charge is -2.17. The number of carbonyl (C=O) groups is 1. The van der Waals surface area contributed by atoms with Crippen LogP contribution in [0.5, 0.6) is 0 Å². The molecule has 0 saturated heterocycles. The van der Waals surface area contributed by atoms with Crippen molar-refractivity contribution in [2.45, 2.75) is 6.92 Å². The van der Waals surface area contributed by atoms with Gasteiger partial charge in [-0.15, -0.1) is 10.2 Å². The molecule has 2 rings (SSSR count). The summed E-state index contributed by atoms with van der Waals surface area (Å²) in [5.74, 6) is -0.349. The van der Waals surface area contributed by atoms with Crippen LogP contribution in [0.3, 0.4) is 0 Å². The average molecular weight is 345 g/mol. The summed E-state index contributed by atoms with van der Waals surface area (Å²) in [5, 5.41) is 10.9. The number of benzene rings is 1. The lowest BCUT2D eigenvalue weighted by Crippen LogP contribution is -2.34. The predicted octanol–water partition coefficient (Wildman–Crippen LogP) is 3.50. The molecule has 8 heteroatoms. The van der Waals surface area contributed by atoms with Crippen molar-refractivity contribution in [1.29, 1.82) is 0 Å². The van der Waals surface area contributed by atoms with Crippen LogP contribution in [-0.4, -0.2) is 22.8 Å². The maximum atomic E-state index is 12.8. The Morgan fingerprint density at radius 1 is 1.42 bits per heavy atom. The van der Waals surface area contributed by atoms with Gasteiger partial charge in [-0.05, 0) is 47.1 Å². The fourth-order valence-corrected chi connectivity index (χ4v) is 2.55. The van der Waals surface area contributed by atoms with Gasteiger partial charge in [-0.2, -0.15) is 0 Å². The minimum Gasteiger partial charge on any atom is -0.307 e. The number of nitrogens with zero attached hydrogens (tertiary/aromatic N) is 3. The Morgan fingerprint density at radius 2 is 2.11 bits per heavy atom. The standard InChI is InChI=1S/C11H10BrFN4OS/c1-2-17(11-16-15-9(12)19-11)10(18)14-8-5-3-7(13)4-6-8/h3-6H,2H2,1H3,(H,14,18). The highest BCUT2D eigenvalue weighted by atomic mass is 79.9. The van der Waals surface area contributed by atoms with Crippen LogP contribution in [0.2, 0.25) is 0 Å². The third kappa shape index (κ3) is 3.48. The van der Waals surface area contributed by atoms with E-state index in [4.69, 9.17) is 0 Å². The van der Waals surface area contributed by atoms with Gasteiger partial charge in [0.15, 0.2) is 3.92 Å². The van der Waals surface area contributed by atoms with Crippen LogP contribution in [0.1, 0.15) is 6.92 Å². The van der Waals surface area contributed by atoms with Gasteiger partial charge in [0.2, 0.25) is 5.13 Å². The topological polar surface area (TPSA) is 58.1 Å². The number of urea groups is 1. The Hall–Kier alpha value is -1.54. The monoisotopic (exact) mass is 344 g/mol. The van der Waals surface area contributed by atoms with Gasteiger partial charge < -0.3 is 5.32 Å². The molecule has 0 fully saturated rings. The molecular formula is C11H10BrFN4OS. The maximum Gasteiger partial charge on any atom is 0.328 e. The van der Waals surface area contributed by atoms with Crippen LogP contribution < -0.4 is 10.2 Å². The number of anilines is 2. The number of nitrogens with one attached hydrogen (secondary N) is 1. The van der Waals surface area contributed by atoms with Gasteiger partial charge in [0.05, 0.1) is 0 Å². The van der Waals surface area contributed by atoms with Crippen molar-refractivity contribution in [1.82, 2.24) is 10.2 Å². The van der Waals surface area contributed by atoms with Gasteiger partial charge in [-0.3, -0.25) is 4.90 Å². The SMILES string of the molecule is CCN(C(=O)Nc1ccc(F)cc1)c1nnc(Br)s1. The van der Waals surface area contributed by atoms with E-state index in [0.717, 1.165) is 0 Å². The summed E-state index contributed by atoms with van der Waals surface area (Å²) in [7, 11) is 0. The molecule has 1 aromatic heterocycles.